The van der Waals surface area contributed by atoms with Crippen LogP contribution in [0.15, 0.2) is 48.5 Å². The summed E-state index contributed by atoms with van der Waals surface area (Å²) in [4.78, 5) is 2.55. The first kappa shape index (κ1) is 25.6. The first-order valence-electron chi connectivity index (χ1n) is 12.5. The molecule has 0 aliphatic heterocycles. The third kappa shape index (κ3) is 5.19. The smallest absolute Gasteiger partial charge is 0.161 e. The molecule has 0 spiro atoms. The monoisotopic (exact) mass is 534 g/mol. The molecule has 0 fully saturated rings. The number of benzene rings is 2. The average molecular weight is 535 g/mol. The van der Waals surface area contributed by atoms with Gasteiger partial charge in [0.1, 0.15) is 12.5 Å². The summed E-state index contributed by atoms with van der Waals surface area (Å²) in [6, 6.07) is 17.7. The minimum Gasteiger partial charge on any atom is -0.497 e. The van der Waals surface area contributed by atoms with Crippen LogP contribution in [0.5, 0.6) is 17.2 Å². The van der Waals surface area contributed by atoms with E-state index in [9.17, 15) is 0 Å². The van der Waals surface area contributed by atoms with Gasteiger partial charge in [-0.15, -0.1) is 11.3 Å². The lowest BCUT2D eigenvalue weighted by atomic mass is 10.1. The number of nitrogens with zero attached hydrogens (tertiary/aromatic N) is 2. The summed E-state index contributed by atoms with van der Waals surface area (Å²) in [6.07, 6.45) is 0.860. The molecule has 1 aliphatic rings. The van der Waals surface area contributed by atoms with Gasteiger partial charge < -0.3 is 18.9 Å². The quantitative estimate of drug-likeness (QED) is 0.140. The van der Waals surface area contributed by atoms with Gasteiger partial charge in [0.15, 0.2) is 11.5 Å². The molecular formula is C29H34N2O4SSi. The van der Waals surface area contributed by atoms with Crippen LogP contribution in [0.3, 0.4) is 0 Å². The van der Waals surface area contributed by atoms with Crippen LogP contribution in [0.4, 0.5) is 0 Å². The molecule has 0 N–H and O–H groups in total. The van der Waals surface area contributed by atoms with E-state index in [0.717, 1.165) is 58.8 Å². The van der Waals surface area contributed by atoms with Crippen molar-refractivity contribution in [3.8, 4) is 50.2 Å². The molecular weight excluding hydrogens is 500 g/mol. The van der Waals surface area contributed by atoms with Crippen LogP contribution < -0.4 is 14.2 Å². The fraction of sp³-hybridized carbons (Fsp3) is 0.345. The summed E-state index contributed by atoms with van der Waals surface area (Å²) in [7, 11) is 3.85. The molecule has 194 valence electrons. The Balaban J connectivity index is 1.51. The predicted octanol–water partition coefficient (Wildman–Crippen LogP) is 7.19. The summed E-state index contributed by atoms with van der Waals surface area (Å²) in [5, 5.41) is 5.05. The number of fused-ring (bicyclic) bond motifs is 3. The molecule has 0 saturated heterocycles. The Bertz CT molecular complexity index is 1400. The van der Waals surface area contributed by atoms with E-state index in [-0.39, 0.29) is 0 Å². The van der Waals surface area contributed by atoms with E-state index in [1.54, 1.807) is 21.3 Å². The highest BCUT2D eigenvalue weighted by atomic mass is 32.1. The van der Waals surface area contributed by atoms with E-state index in [4.69, 9.17) is 24.0 Å². The predicted molar refractivity (Wildman–Crippen MR) is 153 cm³/mol. The standard InChI is InChI=1S/C29H34N2O4SSi/c1-32-21-10-7-19(8-11-21)28-23-17-27-22(29(23)31(30-28)18-35-13-14-37(4,5)6)16-26(36-27)20-9-12-24(33-2)25(15-20)34-3/h7-12,15-16H,13-14,17-18H2,1-6H3. The third-order valence-electron chi connectivity index (χ3n) is 6.69. The Labute approximate surface area is 223 Å². The minimum atomic E-state index is -1.16. The second kappa shape index (κ2) is 10.4. The SMILES string of the molecule is COc1ccc(-c2nn(COCC[Si](C)(C)C)c3c2Cc2sc(-c4ccc(OC)c(OC)c4)cc2-3)cc1. The lowest BCUT2D eigenvalue weighted by Gasteiger charge is -2.15. The van der Waals surface area contributed by atoms with Gasteiger partial charge in [-0.05, 0) is 60.1 Å². The molecule has 0 amide bonds. The Hall–Kier alpha value is -3.07. The molecule has 37 heavy (non-hydrogen) atoms. The van der Waals surface area contributed by atoms with Gasteiger partial charge in [-0.2, -0.15) is 5.10 Å². The van der Waals surface area contributed by atoms with Crippen molar-refractivity contribution in [2.75, 3.05) is 27.9 Å². The minimum absolute atomic E-state index is 0.448. The van der Waals surface area contributed by atoms with Gasteiger partial charge in [-0.25, -0.2) is 4.68 Å². The van der Waals surface area contributed by atoms with Crippen LogP contribution in [-0.4, -0.2) is 45.8 Å². The van der Waals surface area contributed by atoms with E-state index in [1.807, 2.05) is 35.6 Å². The molecule has 2 aromatic carbocycles. The maximum atomic E-state index is 6.16. The van der Waals surface area contributed by atoms with Gasteiger partial charge in [-0.1, -0.05) is 19.6 Å². The zero-order chi connectivity index (χ0) is 26.2. The van der Waals surface area contributed by atoms with Crippen molar-refractivity contribution in [2.45, 2.75) is 38.8 Å². The number of rotatable bonds is 10. The second-order valence-corrected chi connectivity index (χ2v) is 17.2. The maximum Gasteiger partial charge on any atom is 0.161 e. The normalized spacial score (nSPS) is 12.4. The lowest BCUT2D eigenvalue weighted by molar-refractivity contribution is 0.0799. The molecule has 1 aliphatic carbocycles. The Morgan fingerprint density at radius 3 is 2.30 bits per heavy atom. The van der Waals surface area contributed by atoms with E-state index in [2.05, 4.69) is 48.6 Å². The topological polar surface area (TPSA) is 54.7 Å². The van der Waals surface area contributed by atoms with Crippen molar-refractivity contribution in [2.24, 2.45) is 0 Å². The first-order chi connectivity index (χ1) is 17.8. The molecule has 2 aromatic heterocycles. The van der Waals surface area contributed by atoms with Crippen LogP contribution in [0.2, 0.25) is 25.7 Å². The van der Waals surface area contributed by atoms with Crippen molar-refractivity contribution in [3.63, 3.8) is 0 Å². The van der Waals surface area contributed by atoms with Gasteiger partial charge in [0, 0.05) is 47.5 Å². The zero-order valence-electron chi connectivity index (χ0n) is 22.4. The van der Waals surface area contributed by atoms with Gasteiger partial charge in [0.25, 0.3) is 0 Å². The molecule has 6 nitrogen and oxygen atoms in total. The van der Waals surface area contributed by atoms with E-state index in [1.165, 1.54) is 20.9 Å². The van der Waals surface area contributed by atoms with Gasteiger partial charge >= 0.3 is 0 Å². The van der Waals surface area contributed by atoms with E-state index >= 15 is 0 Å². The molecule has 5 rings (SSSR count). The number of aromatic nitrogens is 2. The molecule has 8 heteroatoms. The second-order valence-electron chi connectivity index (χ2n) is 10.4. The van der Waals surface area contributed by atoms with E-state index in [0.29, 0.717) is 6.73 Å². The number of thiophene rings is 1. The molecule has 4 aromatic rings. The van der Waals surface area contributed by atoms with Crippen LogP contribution in [0, 0.1) is 0 Å². The van der Waals surface area contributed by atoms with Gasteiger partial charge in [-0.3, -0.25) is 0 Å². The van der Waals surface area contributed by atoms with Crippen molar-refractivity contribution < 1.29 is 18.9 Å². The molecule has 0 atom stereocenters. The lowest BCUT2D eigenvalue weighted by Crippen LogP contribution is -2.22. The highest BCUT2D eigenvalue weighted by molar-refractivity contribution is 7.16. The highest BCUT2D eigenvalue weighted by Gasteiger charge is 2.31. The first-order valence-corrected chi connectivity index (χ1v) is 17.0. The Morgan fingerprint density at radius 1 is 0.892 bits per heavy atom. The van der Waals surface area contributed by atoms with Crippen LogP contribution in [0.25, 0.3) is 33.0 Å². The van der Waals surface area contributed by atoms with Crippen molar-refractivity contribution in [1.82, 2.24) is 9.78 Å². The van der Waals surface area contributed by atoms with Crippen molar-refractivity contribution in [3.05, 3.63) is 59.0 Å². The summed E-state index contributed by atoms with van der Waals surface area (Å²) in [6.45, 7) is 8.32. The van der Waals surface area contributed by atoms with Gasteiger partial charge in [0.05, 0.1) is 32.7 Å². The van der Waals surface area contributed by atoms with Crippen molar-refractivity contribution >= 4 is 19.4 Å². The number of ether oxygens (including phenoxy) is 4. The molecule has 0 unspecified atom stereocenters. The largest absolute Gasteiger partial charge is 0.497 e. The summed E-state index contributed by atoms with van der Waals surface area (Å²) in [5.41, 5.74) is 6.89. The molecule has 0 bridgehead atoms. The number of hydrogen-bond donors (Lipinski definition) is 0. The van der Waals surface area contributed by atoms with Crippen molar-refractivity contribution in [1.29, 1.82) is 0 Å². The zero-order valence-corrected chi connectivity index (χ0v) is 24.2. The number of methoxy groups -OCH3 is 3. The summed E-state index contributed by atoms with van der Waals surface area (Å²) in [5.74, 6) is 2.31. The maximum absolute atomic E-state index is 6.16. The fourth-order valence-electron chi connectivity index (χ4n) is 4.62. The number of hydrogen-bond acceptors (Lipinski definition) is 6. The molecule has 0 radical (unpaired) electrons. The van der Waals surface area contributed by atoms with Gasteiger partial charge in [0.2, 0.25) is 0 Å². The Kier molecular flexibility index (Phi) is 7.16. The van der Waals surface area contributed by atoms with E-state index < -0.39 is 8.07 Å². The molecule has 0 saturated carbocycles. The fourth-order valence-corrected chi connectivity index (χ4v) is 6.55. The summed E-state index contributed by atoms with van der Waals surface area (Å²) >= 11 is 1.83. The highest BCUT2D eigenvalue weighted by Crippen LogP contribution is 2.48. The average Bonchev–Trinajstić information content (AvgIpc) is 3.56. The molecule has 2 heterocycles. The van der Waals surface area contributed by atoms with Crippen LogP contribution in [0.1, 0.15) is 10.4 Å². The Morgan fingerprint density at radius 2 is 1.62 bits per heavy atom. The summed E-state index contributed by atoms with van der Waals surface area (Å²) < 4.78 is 24.5. The third-order valence-corrected chi connectivity index (χ3v) is 9.58. The van der Waals surface area contributed by atoms with Crippen LogP contribution >= 0.6 is 11.3 Å². The van der Waals surface area contributed by atoms with Crippen LogP contribution in [-0.2, 0) is 17.9 Å².